The third-order valence-corrected chi connectivity index (χ3v) is 3.14. The first-order valence-corrected chi connectivity index (χ1v) is 5.87. The van der Waals surface area contributed by atoms with Gasteiger partial charge in [-0.3, -0.25) is 4.98 Å². The van der Waals surface area contributed by atoms with Gasteiger partial charge in [0, 0.05) is 11.8 Å². The normalized spacial score (nSPS) is 10.2. The molecule has 18 heavy (non-hydrogen) atoms. The Hall–Kier alpha value is -1.58. The van der Waals surface area contributed by atoms with Crippen LogP contribution in [0.3, 0.4) is 0 Å². The maximum absolute atomic E-state index is 11.4. The topological polar surface area (TPSA) is 39.2 Å². The molecule has 0 unspecified atom stereocenters. The molecule has 0 aliphatic rings. The molecule has 1 aromatic heterocycles. The Labute approximate surface area is 114 Å². The number of hydrogen-bond acceptors (Lipinski definition) is 3. The van der Waals surface area contributed by atoms with Crippen molar-refractivity contribution in [3.05, 3.63) is 52.1 Å². The van der Waals surface area contributed by atoms with Gasteiger partial charge in [0.2, 0.25) is 0 Å². The van der Waals surface area contributed by atoms with E-state index in [9.17, 15) is 4.79 Å². The third kappa shape index (κ3) is 2.63. The molecule has 0 amide bonds. The Morgan fingerprint density at radius 1 is 1.17 bits per heavy atom. The molecule has 0 N–H and O–H groups in total. The standard InChI is InChI=1S/C13H9Cl2NO2/c1-18-13(17)9-4-5-16-12(7-9)8-2-3-10(14)11(15)6-8/h2-7H,1H3. The molecular formula is C13H9Cl2NO2. The lowest BCUT2D eigenvalue weighted by Gasteiger charge is -2.04. The fourth-order valence-corrected chi connectivity index (χ4v) is 1.79. The van der Waals surface area contributed by atoms with Gasteiger partial charge < -0.3 is 4.74 Å². The fraction of sp³-hybridized carbons (Fsp3) is 0.0769. The molecule has 2 aromatic rings. The molecule has 0 spiro atoms. The van der Waals surface area contributed by atoms with Crippen LogP contribution >= 0.6 is 23.2 Å². The highest BCUT2D eigenvalue weighted by atomic mass is 35.5. The van der Waals surface area contributed by atoms with Crippen LogP contribution in [0.4, 0.5) is 0 Å². The van der Waals surface area contributed by atoms with E-state index >= 15 is 0 Å². The average molecular weight is 282 g/mol. The third-order valence-electron chi connectivity index (χ3n) is 2.40. The first kappa shape index (κ1) is 12.9. The van der Waals surface area contributed by atoms with E-state index in [0.717, 1.165) is 5.56 Å². The molecule has 5 heteroatoms. The minimum atomic E-state index is -0.404. The van der Waals surface area contributed by atoms with Gasteiger partial charge in [-0.05, 0) is 24.3 Å². The largest absolute Gasteiger partial charge is 0.465 e. The predicted molar refractivity (Wildman–Crippen MR) is 71.0 cm³/mol. The van der Waals surface area contributed by atoms with E-state index in [4.69, 9.17) is 23.2 Å². The van der Waals surface area contributed by atoms with Gasteiger partial charge in [0.25, 0.3) is 0 Å². The second-order valence-corrected chi connectivity index (χ2v) is 4.36. The zero-order valence-corrected chi connectivity index (χ0v) is 11.0. The van der Waals surface area contributed by atoms with Crippen molar-refractivity contribution in [1.29, 1.82) is 0 Å². The Balaban J connectivity index is 2.44. The van der Waals surface area contributed by atoms with Crippen molar-refractivity contribution in [3.8, 4) is 11.3 Å². The molecule has 0 saturated carbocycles. The summed E-state index contributed by atoms with van der Waals surface area (Å²) in [7, 11) is 1.33. The van der Waals surface area contributed by atoms with Crippen molar-refractivity contribution in [1.82, 2.24) is 4.98 Å². The van der Waals surface area contributed by atoms with Crippen LogP contribution in [-0.4, -0.2) is 18.1 Å². The van der Waals surface area contributed by atoms with Crippen LogP contribution in [0.1, 0.15) is 10.4 Å². The van der Waals surface area contributed by atoms with E-state index in [0.29, 0.717) is 21.3 Å². The number of nitrogens with zero attached hydrogens (tertiary/aromatic N) is 1. The summed E-state index contributed by atoms with van der Waals surface area (Å²) in [6.45, 7) is 0. The van der Waals surface area contributed by atoms with Crippen LogP contribution in [0.25, 0.3) is 11.3 Å². The van der Waals surface area contributed by atoms with E-state index < -0.39 is 5.97 Å². The zero-order valence-electron chi connectivity index (χ0n) is 9.48. The van der Waals surface area contributed by atoms with Gasteiger partial charge in [0.15, 0.2) is 0 Å². The summed E-state index contributed by atoms with van der Waals surface area (Å²) in [5.41, 5.74) is 1.86. The molecule has 0 aliphatic heterocycles. The SMILES string of the molecule is COC(=O)c1ccnc(-c2ccc(Cl)c(Cl)c2)c1. The number of carbonyl (C=O) groups is 1. The van der Waals surface area contributed by atoms with Gasteiger partial charge in [-0.2, -0.15) is 0 Å². The quantitative estimate of drug-likeness (QED) is 0.785. The van der Waals surface area contributed by atoms with E-state index in [-0.39, 0.29) is 0 Å². The number of pyridine rings is 1. The summed E-state index contributed by atoms with van der Waals surface area (Å²) in [5.74, 6) is -0.404. The molecule has 2 rings (SSSR count). The van der Waals surface area contributed by atoms with Crippen molar-refractivity contribution in [2.75, 3.05) is 7.11 Å². The van der Waals surface area contributed by atoms with Crippen LogP contribution in [0.5, 0.6) is 0 Å². The Kier molecular flexibility index (Phi) is 3.84. The maximum atomic E-state index is 11.4. The number of aromatic nitrogens is 1. The summed E-state index contributed by atoms with van der Waals surface area (Å²) < 4.78 is 4.66. The molecule has 1 heterocycles. The van der Waals surface area contributed by atoms with Crippen LogP contribution in [0.15, 0.2) is 36.5 Å². The smallest absolute Gasteiger partial charge is 0.337 e. The number of halogens is 2. The summed E-state index contributed by atoms with van der Waals surface area (Å²) in [6.07, 6.45) is 1.55. The summed E-state index contributed by atoms with van der Waals surface area (Å²) >= 11 is 11.8. The second-order valence-electron chi connectivity index (χ2n) is 3.55. The van der Waals surface area contributed by atoms with Gasteiger partial charge >= 0.3 is 5.97 Å². The lowest BCUT2D eigenvalue weighted by atomic mass is 10.1. The van der Waals surface area contributed by atoms with E-state index in [1.165, 1.54) is 7.11 Å². The Bertz CT molecular complexity index is 599. The van der Waals surface area contributed by atoms with Crippen LogP contribution < -0.4 is 0 Å². The maximum Gasteiger partial charge on any atom is 0.337 e. The molecule has 0 atom stereocenters. The molecule has 0 bridgehead atoms. The molecule has 0 aliphatic carbocycles. The second kappa shape index (κ2) is 5.38. The van der Waals surface area contributed by atoms with Crippen molar-refractivity contribution < 1.29 is 9.53 Å². The van der Waals surface area contributed by atoms with E-state index in [2.05, 4.69) is 9.72 Å². The molecule has 3 nitrogen and oxygen atoms in total. The number of esters is 1. The average Bonchev–Trinajstić information content (AvgIpc) is 2.41. The highest BCUT2D eigenvalue weighted by Crippen LogP contribution is 2.27. The number of methoxy groups -OCH3 is 1. The molecule has 0 saturated heterocycles. The molecule has 92 valence electrons. The highest BCUT2D eigenvalue weighted by molar-refractivity contribution is 6.42. The molecular weight excluding hydrogens is 273 g/mol. The molecule has 1 aromatic carbocycles. The summed E-state index contributed by atoms with van der Waals surface area (Å²) in [4.78, 5) is 15.6. The minimum absolute atomic E-state index is 0.404. The van der Waals surface area contributed by atoms with Gasteiger partial charge in [0.1, 0.15) is 0 Å². The Morgan fingerprint density at radius 2 is 1.94 bits per heavy atom. The monoisotopic (exact) mass is 281 g/mol. The Morgan fingerprint density at radius 3 is 2.61 bits per heavy atom. The molecule has 0 radical (unpaired) electrons. The van der Waals surface area contributed by atoms with Crippen molar-refractivity contribution >= 4 is 29.2 Å². The van der Waals surface area contributed by atoms with Crippen LogP contribution in [0.2, 0.25) is 10.0 Å². The van der Waals surface area contributed by atoms with Crippen LogP contribution in [0, 0.1) is 0 Å². The number of benzene rings is 1. The lowest BCUT2D eigenvalue weighted by Crippen LogP contribution is -2.01. The number of carbonyl (C=O) groups excluding carboxylic acids is 1. The first-order valence-electron chi connectivity index (χ1n) is 5.11. The summed E-state index contributed by atoms with van der Waals surface area (Å²) in [5, 5.41) is 0.920. The van der Waals surface area contributed by atoms with Crippen LogP contribution in [-0.2, 0) is 4.74 Å². The zero-order chi connectivity index (χ0) is 13.1. The van der Waals surface area contributed by atoms with Gasteiger partial charge in [-0.15, -0.1) is 0 Å². The highest BCUT2D eigenvalue weighted by Gasteiger charge is 2.08. The fourth-order valence-electron chi connectivity index (χ4n) is 1.49. The van der Waals surface area contributed by atoms with Crippen molar-refractivity contribution in [2.45, 2.75) is 0 Å². The number of hydrogen-bond donors (Lipinski definition) is 0. The van der Waals surface area contributed by atoms with E-state index in [1.54, 1.807) is 36.5 Å². The van der Waals surface area contributed by atoms with Gasteiger partial charge in [-0.25, -0.2) is 4.79 Å². The number of rotatable bonds is 2. The van der Waals surface area contributed by atoms with E-state index in [1.807, 2.05) is 0 Å². The minimum Gasteiger partial charge on any atom is -0.465 e. The molecule has 0 fully saturated rings. The van der Waals surface area contributed by atoms with Gasteiger partial charge in [0.05, 0.1) is 28.4 Å². The lowest BCUT2D eigenvalue weighted by molar-refractivity contribution is 0.0600. The number of ether oxygens (including phenoxy) is 1. The van der Waals surface area contributed by atoms with Crippen molar-refractivity contribution in [2.24, 2.45) is 0 Å². The first-order chi connectivity index (χ1) is 8.61. The summed E-state index contributed by atoms with van der Waals surface area (Å²) in [6, 6.07) is 8.41. The van der Waals surface area contributed by atoms with Gasteiger partial charge in [-0.1, -0.05) is 29.3 Å². The van der Waals surface area contributed by atoms with Crippen molar-refractivity contribution in [3.63, 3.8) is 0 Å². The predicted octanol–water partition coefficient (Wildman–Crippen LogP) is 3.84.